The van der Waals surface area contributed by atoms with Crippen molar-refractivity contribution >= 4 is 28.3 Å². The van der Waals surface area contributed by atoms with Gasteiger partial charge < -0.3 is 4.74 Å². The van der Waals surface area contributed by atoms with Crippen molar-refractivity contribution in [3.05, 3.63) is 34.3 Å². The maximum absolute atomic E-state index is 5.64. The minimum absolute atomic E-state index is 0. The van der Waals surface area contributed by atoms with Crippen LogP contribution in [0, 0.1) is 0 Å². The van der Waals surface area contributed by atoms with E-state index in [9.17, 15) is 0 Å². The Morgan fingerprint density at radius 2 is 2.00 bits per heavy atom. The molecule has 1 aromatic rings. The summed E-state index contributed by atoms with van der Waals surface area (Å²) >= 11 is 3.41. The Balaban J connectivity index is 0.000000980. The zero-order valence-corrected chi connectivity index (χ0v) is 10.3. The van der Waals surface area contributed by atoms with Gasteiger partial charge in [0.25, 0.3) is 0 Å². The molecule has 78 valence electrons. The van der Waals surface area contributed by atoms with Crippen molar-refractivity contribution in [2.24, 2.45) is 0 Å². The molecule has 1 atom stereocenters. The largest absolute Gasteiger partial charge is 0.355 e. The van der Waals surface area contributed by atoms with Crippen LogP contribution < -0.4 is 5.32 Å². The van der Waals surface area contributed by atoms with Gasteiger partial charge in [-0.1, -0.05) is 28.1 Å². The number of hydrogen-bond acceptors (Lipinski definition) is 2. The number of halogens is 2. The molecule has 0 bridgehead atoms. The van der Waals surface area contributed by atoms with E-state index in [1.54, 1.807) is 0 Å². The highest BCUT2D eigenvalue weighted by Gasteiger charge is 2.30. The van der Waals surface area contributed by atoms with Crippen LogP contribution in [0.1, 0.15) is 12.5 Å². The lowest BCUT2D eigenvalue weighted by Crippen LogP contribution is -2.34. The summed E-state index contributed by atoms with van der Waals surface area (Å²) in [5.74, 6) is 0. The molecule has 0 aromatic heterocycles. The third kappa shape index (κ3) is 2.28. The van der Waals surface area contributed by atoms with Crippen molar-refractivity contribution in [3.8, 4) is 0 Å². The number of rotatable bonds is 1. The molecule has 1 saturated heterocycles. The van der Waals surface area contributed by atoms with E-state index in [1.165, 1.54) is 5.56 Å². The van der Waals surface area contributed by atoms with Crippen LogP contribution in [0.15, 0.2) is 28.7 Å². The summed E-state index contributed by atoms with van der Waals surface area (Å²) < 4.78 is 6.74. The van der Waals surface area contributed by atoms with Crippen LogP contribution in [-0.2, 0) is 10.5 Å². The second kappa shape index (κ2) is 4.62. The first-order chi connectivity index (χ1) is 6.21. The van der Waals surface area contributed by atoms with E-state index in [2.05, 4.69) is 40.3 Å². The zero-order valence-electron chi connectivity index (χ0n) is 7.92. The summed E-state index contributed by atoms with van der Waals surface area (Å²) in [5, 5.41) is 3.33. The average molecular weight is 279 g/mol. The van der Waals surface area contributed by atoms with Gasteiger partial charge in [0.15, 0.2) is 0 Å². The molecule has 1 N–H and O–H groups in total. The molecule has 0 aliphatic carbocycles. The fourth-order valence-corrected chi connectivity index (χ4v) is 1.81. The van der Waals surface area contributed by atoms with E-state index < -0.39 is 0 Å². The van der Waals surface area contributed by atoms with Crippen molar-refractivity contribution in [1.29, 1.82) is 0 Å². The Hall–Kier alpha value is -0.0900. The van der Waals surface area contributed by atoms with Gasteiger partial charge in [-0.05, 0) is 24.6 Å². The van der Waals surface area contributed by atoms with Gasteiger partial charge in [-0.3, -0.25) is 5.32 Å². The Kier molecular flexibility index (Phi) is 3.95. The van der Waals surface area contributed by atoms with Crippen molar-refractivity contribution in [3.63, 3.8) is 0 Å². The van der Waals surface area contributed by atoms with Crippen LogP contribution in [0.5, 0.6) is 0 Å². The highest BCUT2D eigenvalue weighted by molar-refractivity contribution is 9.10. The Labute approximate surface area is 98.6 Å². The van der Waals surface area contributed by atoms with Crippen LogP contribution in [0.4, 0.5) is 0 Å². The molecule has 1 aromatic carbocycles. The van der Waals surface area contributed by atoms with Crippen LogP contribution >= 0.6 is 28.3 Å². The predicted molar refractivity (Wildman–Crippen MR) is 62.7 cm³/mol. The monoisotopic (exact) mass is 277 g/mol. The van der Waals surface area contributed by atoms with Gasteiger partial charge in [0, 0.05) is 11.0 Å². The Bertz CT molecular complexity index is 295. The summed E-state index contributed by atoms with van der Waals surface area (Å²) in [7, 11) is 0. The Morgan fingerprint density at radius 1 is 1.36 bits per heavy atom. The van der Waals surface area contributed by atoms with E-state index in [0.29, 0.717) is 0 Å². The van der Waals surface area contributed by atoms with E-state index in [4.69, 9.17) is 4.74 Å². The lowest BCUT2D eigenvalue weighted by molar-refractivity contribution is 0.00246. The summed E-state index contributed by atoms with van der Waals surface area (Å²) in [6, 6.07) is 8.21. The molecule has 14 heavy (non-hydrogen) atoms. The highest BCUT2D eigenvalue weighted by atomic mass is 79.9. The Morgan fingerprint density at radius 3 is 2.50 bits per heavy atom. The summed E-state index contributed by atoms with van der Waals surface area (Å²) in [6.07, 6.45) is 0. The van der Waals surface area contributed by atoms with Crippen molar-refractivity contribution < 1.29 is 4.74 Å². The molecule has 1 aliphatic heterocycles. The second-order valence-electron chi connectivity index (χ2n) is 3.32. The SMILES string of the molecule is CC1(c2ccc(Br)cc2)NCCO1.Cl. The van der Waals surface area contributed by atoms with E-state index >= 15 is 0 Å². The fraction of sp³-hybridized carbons (Fsp3) is 0.400. The topological polar surface area (TPSA) is 21.3 Å². The highest BCUT2D eigenvalue weighted by Crippen LogP contribution is 2.26. The molecule has 0 radical (unpaired) electrons. The summed E-state index contributed by atoms with van der Waals surface area (Å²) in [4.78, 5) is 0. The normalized spacial score (nSPS) is 25.9. The zero-order chi connectivity index (χ0) is 9.31. The molecule has 1 fully saturated rings. The van der Waals surface area contributed by atoms with E-state index in [1.807, 2.05) is 12.1 Å². The molecule has 0 saturated carbocycles. The van der Waals surface area contributed by atoms with E-state index in [-0.39, 0.29) is 18.1 Å². The molecule has 1 heterocycles. The third-order valence-corrected chi connectivity index (χ3v) is 2.88. The predicted octanol–water partition coefficient (Wildman–Crippen LogP) is 2.66. The summed E-state index contributed by atoms with van der Waals surface area (Å²) in [6.45, 7) is 3.77. The molecule has 1 aliphatic rings. The van der Waals surface area contributed by atoms with Crippen molar-refractivity contribution in [1.82, 2.24) is 5.32 Å². The number of hydrogen-bond donors (Lipinski definition) is 1. The van der Waals surface area contributed by atoms with E-state index in [0.717, 1.165) is 17.6 Å². The number of benzene rings is 1. The molecule has 2 nitrogen and oxygen atoms in total. The molecule has 2 rings (SSSR count). The van der Waals surface area contributed by atoms with Gasteiger partial charge in [-0.15, -0.1) is 12.4 Å². The lowest BCUT2D eigenvalue weighted by Gasteiger charge is -2.23. The van der Waals surface area contributed by atoms with Gasteiger partial charge in [0.2, 0.25) is 0 Å². The second-order valence-corrected chi connectivity index (χ2v) is 4.23. The minimum atomic E-state index is -0.291. The summed E-state index contributed by atoms with van der Waals surface area (Å²) in [5.41, 5.74) is 0.883. The molecular weight excluding hydrogens is 265 g/mol. The lowest BCUT2D eigenvalue weighted by atomic mass is 10.1. The first-order valence-electron chi connectivity index (χ1n) is 4.36. The molecule has 0 spiro atoms. The van der Waals surface area contributed by atoms with Gasteiger partial charge in [0.05, 0.1) is 6.61 Å². The minimum Gasteiger partial charge on any atom is -0.355 e. The molecule has 1 unspecified atom stereocenters. The number of ether oxygens (including phenoxy) is 1. The average Bonchev–Trinajstić information content (AvgIpc) is 2.54. The van der Waals surface area contributed by atoms with Crippen LogP contribution in [0.2, 0.25) is 0 Å². The maximum atomic E-state index is 5.64. The quantitative estimate of drug-likeness (QED) is 0.853. The van der Waals surface area contributed by atoms with Gasteiger partial charge >= 0.3 is 0 Å². The van der Waals surface area contributed by atoms with Crippen LogP contribution in [0.25, 0.3) is 0 Å². The van der Waals surface area contributed by atoms with Crippen molar-refractivity contribution in [2.75, 3.05) is 13.2 Å². The maximum Gasteiger partial charge on any atom is 0.142 e. The molecule has 0 amide bonds. The first kappa shape index (κ1) is 12.0. The van der Waals surface area contributed by atoms with Gasteiger partial charge in [-0.25, -0.2) is 0 Å². The fourth-order valence-electron chi connectivity index (χ4n) is 1.55. The first-order valence-corrected chi connectivity index (χ1v) is 5.15. The molecule has 4 heteroatoms. The smallest absolute Gasteiger partial charge is 0.142 e. The van der Waals surface area contributed by atoms with Crippen LogP contribution in [-0.4, -0.2) is 13.2 Å². The standard InChI is InChI=1S/C10H12BrNO.ClH/c1-10(12-6-7-13-10)8-2-4-9(11)5-3-8;/h2-5,12H,6-7H2,1H3;1H. The van der Waals surface area contributed by atoms with Crippen molar-refractivity contribution in [2.45, 2.75) is 12.6 Å². The van der Waals surface area contributed by atoms with Crippen LogP contribution in [0.3, 0.4) is 0 Å². The third-order valence-electron chi connectivity index (χ3n) is 2.35. The van der Waals surface area contributed by atoms with Gasteiger partial charge in [-0.2, -0.15) is 0 Å². The van der Waals surface area contributed by atoms with Gasteiger partial charge in [0.1, 0.15) is 5.72 Å². The number of nitrogens with one attached hydrogen (secondary N) is 1. The molecular formula is C10H13BrClNO.